The van der Waals surface area contributed by atoms with E-state index in [1.807, 2.05) is 13.8 Å². The number of hydrogen-bond donors (Lipinski definition) is 0. The van der Waals surface area contributed by atoms with Crippen LogP contribution >= 0.6 is 0 Å². The van der Waals surface area contributed by atoms with Gasteiger partial charge in [-0.15, -0.1) is 6.42 Å². The molecular formula is C19H28O5. The molecule has 1 unspecified atom stereocenters. The molecule has 0 aromatic rings. The van der Waals surface area contributed by atoms with Crippen molar-refractivity contribution in [1.29, 1.82) is 0 Å². The molecule has 5 fully saturated rings. The average Bonchev–Trinajstić information content (AvgIpc) is 2.78. The van der Waals surface area contributed by atoms with Gasteiger partial charge < -0.3 is 14.2 Å². The molecule has 5 heteroatoms. The van der Waals surface area contributed by atoms with Gasteiger partial charge in [-0.1, -0.05) is 19.8 Å². The Labute approximate surface area is 144 Å². The topological polar surface area (TPSA) is 46.2 Å². The van der Waals surface area contributed by atoms with Crippen LogP contribution in [0.25, 0.3) is 0 Å². The lowest BCUT2D eigenvalue weighted by Gasteiger charge is -2.60. The van der Waals surface area contributed by atoms with E-state index in [1.54, 1.807) is 0 Å². The molecule has 5 nitrogen and oxygen atoms in total. The Balaban J connectivity index is 1.71. The maximum absolute atomic E-state index is 6.28. The zero-order valence-electron chi connectivity index (χ0n) is 15.0. The van der Waals surface area contributed by atoms with Gasteiger partial charge in [-0.05, 0) is 44.9 Å². The van der Waals surface area contributed by atoms with E-state index in [4.69, 9.17) is 30.4 Å². The highest BCUT2D eigenvalue weighted by molar-refractivity contribution is 5.09. The highest BCUT2D eigenvalue weighted by atomic mass is 17.3. The lowest BCUT2D eigenvalue weighted by atomic mass is 9.58. The maximum Gasteiger partial charge on any atom is 0.201 e. The predicted octanol–water partition coefficient (Wildman–Crippen LogP) is 3.23. The first-order valence-electron chi connectivity index (χ1n) is 9.21. The molecule has 0 amide bonds. The van der Waals surface area contributed by atoms with Gasteiger partial charge in [-0.2, -0.15) is 0 Å². The summed E-state index contributed by atoms with van der Waals surface area (Å²) in [5, 5.41) is 0. The summed E-state index contributed by atoms with van der Waals surface area (Å²) in [5.41, 5.74) is -0.535. The molecule has 9 atom stereocenters. The first-order chi connectivity index (χ1) is 11.4. The van der Waals surface area contributed by atoms with Gasteiger partial charge in [0.2, 0.25) is 5.79 Å². The summed E-state index contributed by atoms with van der Waals surface area (Å²) in [4.78, 5) is 11.9. The van der Waals surface area contributed by atoms with Crippen LogP contribution in [0.1, 0.15) is 53.4 Å². The number of ether oxygens (including phenoxy) is 3. The van der Waals surface area contributed by atoms with Crippen molar-refractivity contribution in [2.45, 2.75) is 83.5 Å². The van der Waals surface area contributed by atoms with E-state index in [-0.39, 0.29) is 24.2 Å². The Kier molecular flexibility index (Phi) is 3.98. The van der Waals surface area contributed by atoms with Gasteiger partial charge in [0.25, 0.3) is 0 Å². The summed E-state index contributed by atoms with van der Waals surface area (Å²) in [6.07, 6.45) is 8.44. The van der Waals surface area contributed by atoms with E-state index < -0.39 is 17.7 Å². The SMILES string of the molecule is C#CC(C)O[C@H]1O[C@@H]2O[C@@]3(C)CC[C@H]4[C@H](C)CC[C@@H]([C@H]1C)[C@@]24OO3. The second-order valence-corrected chi connectivity index (χ2v) is 8.22. The largest absolute Gasteiger partial charge is 0.337 e. The van der Waals surface area contributed by atoms with E-state index >= 15 is 0 Å². The van der Waals surface area contributed by atoms with Gasteiger partial charge in [-0.3, -0.25) is 0 Å². The number of hydrogen-bond acceptors (Lipinski definition) is 5. The maximum atomic E-state index is 6.28. The van der Waals surface area contributed by atoms with Crippen molar-refractivity contribution >= 4 is 0 Å². The lowest BCUT2D eigenvalue weighted by molar-refractivity contribution is -0.577. The molecule has 1 saturated carbocycles. The Morgan fingerprint density at radius 3 is 2.71 bits per heavy atom. The quantitative estimate of drug-likeness (QED) is 0.572. The first kappa shape index (κ1) is 16.8. The standard InChI is InChI=1S/C19H28O5/c1-6-12(3)20-16-13(4)15-8-7-11(2)14-9-10-18(5)22-17(21-16)19(14,15)24-23-18/h1,11-17H,7-10H2,2-5H3/t11-,12?,13-,14+,15+,16+,17-,18-,19-/m1/s1. The second-order valence-electron chi connectivity index (χ2n) is 8.22. The van der Waals surface area contributed by atoms with Crippen molar-refractivity contribution in [3.63, 3.8) is 0 Å². The summed E-state index contributed by atoms with van der Waals surface area (Å²) in [7, 11) is 0. The van der Waals surface area contributed by atoms with Crippen molar-refractivity contribution < 1.29 is 24.0 Å². The van der Waals surface area contributed by atoms with Crippen LogP contribution in [-0.2, 0) is 24.0 Å². The summed E-state index contributed by atoms with van der Waals surface area (Å²) >= 11 is 0. The molecule has 5 rings (SSSR count). The molecule has 0 N–H and O–H groups in total. The van der Waals surface area contributed by atoms with Gasteiger partial charge in [-0.25, -0.2) is 9.78 Å². The monoisotopic (exact) mass is 336 g/mol. The minimum absolute atomic E-state index is 0.168. The van der Waals surface area contributed by atoms with Crippen molar-refractivity contribution in [3.05, 3.63) is 0 Å². The van der Waals surface area contributed by atoms with Crippen LogP contribution in [-0.4, -0.2) is 30.1 Å². The van der Waals surface area contributed by atoms with Crippen molar-refractivity contribution in [2.75, 3.05) is 0 Å². The fourth-order valence-electron chi connectivity index (χ4n) is 5.27. The minimum atomic E-state index is -0.750. The molecular weight excluding hydrogens is 308 g/mol. The van der Waals surface area contributed by atoms with Crippen molar-refractivity contribution in [2.24, 2.45) is 23.7 Å². The third-order valence-corrected chi connectivity index (χ3v) is 6.67. The molecule has 1 spiro atoms. The van der Waals surface area contributed by atoms with E-state index in [1.165, 1.54) is 6.42 Å². The smallest absolute Gasteiger partial charge is 0.201 e. The van der Waals surface area contributed by atoms with Gasteiger partial charge in [0.1, 0.15) is 6.10 Å². The molecule has 2 bridgehead atoms. The van der Waals surface area contributed by atoms with E-state index in [0.717, 1.165) is 19.3 Å². The van der Waals surface area contributed by atoms with Crippen molar-refractivity contribution in [1.82, 2.24) is 0 Å². The molecule has 5 aliphatic rings. The normalized spacial score (nSPS) is 54.5. The molecule has 0 radical (unpaired) electrons. The Bertz CT molecular complexity index is 544. The Morgan fingerprint density at radius 1 is 1.17 bits per heavy atom. The van der Waals surface area contributed by atoms with E-state index in [9.17, 15) is 0 Å². The molecule has 0 aromatic carbocycles. The van der Waals surface area contributed by atoms with Crippen LogP contribution in [0.4, 0.5) is 0 Å². The molecule has 1 aliphatic carbocycles. The lowest BCUT2D eigenvalue weighted by Crippen LogP contribution is -2.70. The summed E-state index contributed by atoms with van der Waals surface area (Å²) < 4.78 is 18.5. The van der Waals surface area contributed by atoms with Crippen LogP contribution in [0.15, 0.2) is 0 Å². The van der Waals surface area contributed by atoms with Crippen LogP contribution in [0.5, 0.6) is 0 Å². The molecule has 4 heterocycles. The number of fused-ring (bicyclic) bond motifs is 2. The van der Waals surface area contributed by atoms with E-state index in [2.05, 4.69) is 19.8 Å². The summed E-state index contributed by atoms with van der Waals surface area (Å²) in [5.74, 6) is 3.25. The van der Waals surface area contributed by atoms with Crippen LogP contribution in [0.2, 0.25) is 0 Å². The number of rotatable bonds is 2. The highest BCUT2D eigenvalue weighted by Crippen LogP contribution is 2.60. The Hall–Kier alpha value is -0.640. The molecule has 4 saturated heterocycles. The van der Waals surface area contributed by atoms with Gasteiger partial charge in [0, 0.05) is 18.3 Å². The zero-order chi connectivity index (χ0) is 17.1. The first-order valence-corrected chi connectivity index (χ1v) is 9.21. The van der Waals surface area contributed by atoms with E-state index in [0.29, 0.717) is 11.8 Å². The fraction of sp³-hybridized carbons (Fsp3) is 0.895. The molecule has 4 aliphatic heterocycles. The number of terminal acetylenes is 1. The third-order valence-electron chi connectivity index (χ3n) is 6.67. The average molecular weight is 336 g/mol. The van der Waals surface area contributed by atoms with Crippen LogP contribution in [0, 0.1) is 36.0 Å². The van der Waals surface area contributed by atoms with Gasteiger partial charge in [0.15, 0.2) is 18.2 Å². The summed E-state index contributed by atoms with van der Waals surface area (Å²) in [6.45, 7) is 8.27. The highest BCUT2D eigenvalue weighted by Gasteiger charge is 2.69. The van der Waals surface area contributed by atoms with Gasteiger partial charge in [0.05, 0.1) is 0 Å². The third kappa shape index (κ3) is 2.28. The van der Waals surface area contributed by atoms with Crippen LogP contribution in [0.3, 0.4) is 0 Å². The minimum Gasteiger partial charge on any atom is -0.337 e. The van der Waals surface area contributed by atoms with Crippen LogP contribution < -0.4 is 0 Å². The molecule has 134 valence electrons. The molecule has 0 aromatic heterocycles. The second kappa shape index (κ2) is 5.69. The Morgan fingerprint density at radius 2 is 1.96 bits per heavy atom. The van der Waals surface area contributed by atoms with Gasteiger partial charge >= 0.3 is 0 Å². The van der Waals surface area contributed by atoms with Crippen molar-refractivity contribution in [3.8, 4) is 12.3 Å². The zero-order valence-corrected chi connectivity index (χ0v) is 15.0. The summed E-state index contributed by atoms with van der Waals surface area (Å²) in [6, 6.07) is 0. The fourth-order valence-corrected chi connectivity index (χ4v) is 5.27. The predicted molar refractivity (Wildman–Crippen MR) is 86.2 cm³/mol. The molecule has 24 heavy (non-hydrogen) atoms.